The zero-order chi connectivity index (χ0) is 8.39. The molecule has 62 valence electrons. The molecule has 3 nitrogen and oxygen atoms in total. The predicted molar refractivity (Wildman–Crippen MR) is 50.2 cm³/mol. The molecule has 1 aliphatic heterocycles. The van der Waals surface area contributed by atoms with Crippen LogP contribution in [0.3, 0.4) is 0 Å². The number of benzene rings is 1. The van der Waals surface area contributed by atoms with Crippen molar-refractivity contribution in [2.45, 2.75) is 6.92 Å². The predicted octanol–water partition coefficient (Wildman–Crippen LogP) is 1.37. The molecule has 0 aliphatic carbocycles. The van der Waals surface area contributed by atoms with Crippen LogP contribution in [0.25, 0.3) is 0 Å². The van der Waals surface area contributed by atoms with Gasteiger partial charge in [0.15, 0.2) is 0 Å². The fourth-order valence-electron chi connectivity index (χ4n) is 1.31. The Morgan fingerprint density at radius 2 is 2.25 bits per heavy atom. The zero-order valence-corrected chi connectivity index (χ0v) is 6.99. The number of fused-ring (bicyclic) bond motifs is 1. The molecule has 0 spiro atoms. The summed E-state index contributed by atoms with van der Waals surface area (Å²) in [6.45, 7) is 3.00. The summed E-state index contributed by atoms with van der Waals surface area (Å²) in [7, 11) is 0. The van der Waals surface area contributed by atoms with Crippen LogP contribution < -0.4 is 10.5 Å². The van der Waals surface area contributed by atoms with Gasteiger partial charge in [0.25, 0.3) is 0 Å². The lowest BCUT2D eigenvalue weighted by molar-refractivity contribution is 0.669. The van der Waals surface area contributed by atoms with Gasteiger partial charge in [-0.15, -0.1) is 0 Å². The molecule has 0 saturated carbocycles. The zero-order valence-electron chi connectivity index (χ0n) is 6.99. The molecule has 1 aliphatic rings. The number of hydrazine groups is 1. The van der Waals surface area contributed by atoms with Crippen LogP contribution >= 0.6 is 0 Å². The minimum atomic E-state index is 0.911. The second kappa shape index (κ2) is 2.85. The molecule has 0 radical (unpaired) electrons. The Morgan fingerprint density at radius 1 is 1.42 bits per heavy atom. The van der Waals surface area contributed by atoms with Gasteiger partial charge < -0.3 is 0 Å². The van der Waals surface area contributed by atoms with Gasteiger partial charge in [-0.3, -0.25) is 5.01 Å². The average Bonchev–Trinajstić information content (AvgIpc) is 2.17. The van der Waals surface area contributed by atoms with E-state index in [2.05, 4.69) is 29.7 Å². The van der Waals surface area contributed by atoms with Crippen molar-refractivity contribution in [2.75, 3.05) is 11.6 Å². The molecule has 0 fully saturated rings. The Bertz CT molecular complexity index is 306. The summed E-state index contributed by atoms with van der Waals surface area (Å²) in [6.07, 6.45) is 1.83. The van der Waals surface area contributed by atoms with Crippen molar-refractivity contribution in [3.63, 3.8) is 0 Å². The Hall–Kier alpha value is -1.51. The second-order valence-corrected chi connectivity index (χ2v) is 2.66. The molecule has 0 saturated heterocycles. The summed E-state index contributed by atoms with van der Waals surface area (Å²) in [4.78, 5) is 0. The van der Waals surface area contributed by atoms with E-state index in [1.54, 1.807) is 0 Å². The number of hydrogen-bond acceptors (Lipinski definition) is 3. The van der Waals surface area contributed by atoms with Gasteiger partial charge in [0.05, 0.1) is 11.9 Å². The maximum Gasteiger partial charge on any atom is 0.0676 e. The molecule has 0 amide bonds. The lowest BCUT2D eigenvalue weighted by atomic mass is 10.2. The van der Waals surface area contributed by atoms with Crippen LogP contribution in [-0.2, 0) is 0 Å². The number of rotatable bonds is 1. The van der Waals surface area contributed by atoms with Gasteiger partial charge in [-0.1, -0.05) is 18.2 Å². The normalized spacial score (nSPS) is 13.9. The van der Waals surface area contributed by atoms with E-state index in [9.17, 15) is 0 Å². The van der Waals surface area contributed by atoms with E-state index in [1.165, 1.54) is 5.69 Å². The number of hydrazone groups is 1. The van der Waals surface area contributed by atoms with Crippen molar-refractivity contribution in [2.24, 2.45) is 5.10 Å². The highest BCUT2D eigenvalue weighted by Crippen LogP contribution is 2.18. The van der Waals surface area contributed by atoms with Crippen LogP contribution in [0, 0.1) is 0 Å². The number of nitrogens with zero attached hydrogens (tertiary/aromatic N) is 2. The van der Waals surface area contributed by atoms with E-state index in [-0.39, 0.29) is 0 Å². The summed E-state index contributed by atoms with van der Waals surface area (Å²) in [5.41, 5.74) is 5.28. The fraction of sp³-hybridized carbons (Fsp3) is 0.222. The summed E-state index contributed by atoms with van der Waals surface area (Å²) >= 11 is 0. The van der Waals surface area contributed by atoms with Crippen LogP contribution in [-0.4, -0.2) is 12.8 Å². The first-order valence-corrected chi connectivity index (χ1v) is 4.07. The molecular weight excluding hydrogens is 150 g/mol. The molecule has 2 rings (SSSR count). The first-order chi connectivity index (χ1) is 5.92. The molecule has 0 atom stereocenters. The Kier molecular flexibility index (Phi) is 1.70. The molecule has 1 N–H and O–H groups in total. The van der Waals surface area contributed by atoms with Gasteiger partial charge in [-0.05, 0) is 13.0 Å². The number of para-hydroxylation sites is 1. The van der Waals surface area contributed by atoms with Gasteiger partial charge in [-0.25, -0.2) is 5.53 Å². The molecule has 12 heavy (non-hydrogen) atoms. The first kappa shape index (κ1) is 7.16. The monoisotopic (exact) mass is 161 g/mol. The van der Waals surface area contributed by atoms with Crippen LogP contribution in [0.1, 0.15) is 12.5 Å². The van der Waals surface area contributed by atoms with Crippen LogP contribution in [0.15, 0.2) is 29.4 Å². The third kappa shape index (κ3) is 1.03. The van der Waals surface area contributed by atoms with E-state index in [0.29, 0.717) is 0 Å². The number of anilines is 1. The van der Waals surface area contributed by atoms with Gasteiger partial charge in [-0.2, -0.15) is 5.10 Å². The molecule has 1 aromatic carbocycles. The average molecular weight is 161 g/mol. The molecule has 1 aromatic rings. The molecule has 0 aromatic heterocycles. The smallest absolute Gasteiger partial charge is 0.0676 e. The van der Waals surface area contributed by atoms with Crippen molar-refractivity contribution in [1.82, 2.24) is 5.53 Å². The van der Waals surface area contributed by atoms with E-state index in [0.717, 1.165) is 12.1 Å². The number of hydrogen-bond donors (Lipinski definition) is 1. The molecule has 0 unspecified atom stereocenters. The Balaban J connectivity index is 2.45. The first-order valence-electron chi connectivity index (χ1n) is 4.07. The largest absolute Gasteiger partial charge is 0.272 e. The molecule has 3 heteroatoms. The summed E-state index contributed by atoms with van der Waals surface area (Å²) in [5.74, 6) is 0. The Morgan fingerprint density at radius 3 is 3.08 bits per heavy atom. The second-order valence-electron chi connectivity index (χ2n) is 2.66. The summed E-state index contributed by atoms with van der Waals surface area (Å²) < 4.78 is 0. The van der Waals surface area contributed by atoms with Crippen LogP contribution in [0.2, 0.25) is 0 Å². The minimum absolute atomic E-state index is 0.911. The highest BCUT2D eigenvalue weighted by Gasteiger charge is 2.09. The van der Waals surface area contributed by atoms with E-state index in [1.807, 2.05) is 23.4 Å². The SMILES string of the molecule is CCN1NN=Cc2ccccc21. The van der Waals surface area contributed by atoms with Crippen LogP contribution in [0.5, 0.6) is 0 Å². The minimum Gasteiger partial charge on any atom is -0.272 e. The van der Waals surface area contributed by atoms with Gasteiger partial charge in [0, 0.05) is 12.1 Å². The molecule has 1 heterocycles. The highest BCUT2D eigenvalue weighted by molar-refractivity contribution is 5.89. The third-order valence-corrected chi connectivity index (χ3v) is 1.93. The highest BCUT2D eigenvalue weighted by atomic mass is 15.7. The van der Waals surface area contributed by atoms with Crippen molar-refractivity contribution in [3.05, 3.63) is 29.8 Å². The third-order valence-electron chi connectivity index (χ3n) is 1.93. The van der Waals surface area contributed by atoms with Crippen molar-refractivity contribution < 1.29 is 0 Å². The standard InChI is InChI=1S/C9H11N3/c1-2-12-9-6-4-3-5-8(9)7-10-11-12/h3-7,11H,2H2,1H3. The van der Waals surface area contributed by atoms with E-state index >= 15 is 0 Å². The van der Waals surface area contributed by atoms with E-state index < -0.39 is 0 Å². The van der Waals surface area contributed by atoms with E-state index in [4.69, 9.17) is 0 Å². The summed E-state index contributed by atoms with van der Waals surface area (Å²) in [5, 5.41) is 6.03. The molecule has 0 bridgehead atoms. The quantitative estimate of drug-likeness (QED) is 0.673. The van der Waals surface area contributed by atoms with Gasteiger partial charge in [0.1, 0.15) is 0 Å². The lowest BCUT2D eigenvalue weighted by Crippen LogP contribution is -2.37. The fourth-order valence-corrected chi connectivity index (χ4v) is 1.31. The van der Waals surface area contributed by atoms with Crippen molar-refractivity contribution in [3.8, 4) is 0 Å². The van der Waals surface area contributed by atoms with Crippen LogP contribution in [0.4, 0.5) is 5.69 Å². The summed E-state index contributed by atoms with van der Waals surface area (Å²) in [6, 6.07) is 8.19. The number of nitrogens with one attached hydrogen (secondary N) is 1. The lowest BCUT2D eigenvalue weighted by Gasteiger charge is -2.26. The topological polar surface area (TPSA) is 27.6 Å². The van der Waals surface area contributed by atoms with Gasteiger partial charge >= 0.3 is 0 Å². The van der Waals surface area contributed by atoms with Crippen molar-refractivity contribution >= 4 is 11.9 Å². The Labute approximate surface area is 71.7 Å². The maximum absolute atomic E-state index is 4.02. The molecular formula is C9H11N3. The van der Waals surface area contributed by atoms with Gasteiger partial charge in [0.2, 0.25) is 0 Å². The van der Waals surface area contributed by atoms with Crippen molar-refractivity contribution in [1.29, 1.82) is 0 Å². The maximum atomic E-state index is 4.02.